The van der Waals surface area contributed by atoms with E-state index in [0.717, 1.165) is 15.8 Å². The average molecular weight is 362 g/mol. The van der Waals surface area contributed by atoms with Gasteiger partial charge in [0.05, 0.1) is 29.9 Å². The van der Waals surface area contributed by atoms with Gasteiger partial charge in [-0.25, -0.2) is 0 Å². The van der Waals surface area contributed by atoms with Crippen LogP contribution in [0.15, 0.2) is 66.9 Å². The van der Waals surface area contributed by atoms with E-state index in [1.54, 1.807) is 23.5 Å². The average Bonchev–Trinajstić information content (AvgIpc) is 3.23. The van der Waals surface area contributed by atoms with Crippen molar-refractivity contribution < 1.29 is 4.79 Å². The number of anilines is 2. The molecule has 2 aromatic carbocycles. The predicted molar refractivity (Wildman–Crippen MR) is 106 cm³/mol. The number of benzene rings is 2. The van der Waals surface area contributed by atoms with E-state index in [1.807, 2.05) is 47.3 Å². The van der Waals surface area contributed by atoms with E-state index in [4.69, 9.17) is 5.73 Å². The summed E-state index contributed by atoms with van der Waals surface area (Å²) in [5.41, 5.74) is 8.07. The molecule has 0 radical (unpaired) electrons. The molecular weight excluding hydrogens is 344 g/mol. The van der Waals surface area contributed by atoms with Crippen LogP contribution >= 0.6 is 11.3 Å². The molecule has 0 saturated heterocycles. The maximum absolute atomic E-state index is 12.2. The Labute approximate surface area is 155 Å². The molecule has 0 atom stereocenters. The molecule has 0 bridgehead atoms. The van der Waals surface area contributed by atoms with Gasteiger partial charge in [0.1, 0.15) is 0 Å². The zero-order valence-corrected chi connectivity index (χ0v) is 14.9. The molecule has 130 valence electrons. The Kier molecular flexibility index (Phi) is 4.41. The fourth-order valence-electron chi connectivity index (χ4n) is 2.82. The number of hydrogen-bond donors (Lipinski definition) is 2. The van der Waals surface area contributed by atoms with E-state index >= 15 is 0 Å². The van der Waals surface area contributed by atoms with E-state index < -0.39 is 0 Å². The predicted octanol–water partition coefficient (Wildman–Crippen LogP) is 3.91. The number of thiophene rings is 1. The van der Waals surface area contributed by atoms with Crippen LogP contribution in [-0.2, 0) is 17.8 Å². The summed E-state index contributed by atoms with van der Waals surface area (Å²) >= 11 is 1.63. The number of hydrogen-bond acceptors (Lipinski definition) is 4. The number of nitrogens with one attached hydrogen (secondary N) is 1. The van der Waals surface area contributed by atoms with Gasteiger partial charge >= 0.3 is 0 Å². The Hall–Kier alpha value is -3.12. The second kappa shape index (κ2) is 7.01. The number of amides is 1. The summed E-state index contributed by atoms with van der Waals surface area (Å²) in [5.74, 6) is -0.0684. The van der Waals surface area contributed by atoms with Crippen LogP contribution in [0.4, 0.5) is 11.4 Å². The van der Waals surface area contributed by atoms with Crippen LogP contribution < -0.4 is 11.1 Å². The van der Waals surface area contributed by atoms with Gasteiger partial charge in [-0.15, -0.1) is 11.3 Å². The highest BCUT2D eigenvalue weighted by Gasteiger charge is 2.09. The molecule has 1 amide bonds. The van der Waals surface area contributed by atoms with Gasteiger partial charge in [-0.05, 0) is 30.3 Å². The summed E-state index contributed by atoms with van der Waals surface area (Å²) in [6, 6.07) is 19.4. The lowest BCUT2D eigenvalue weighted by Crippen LogP contribution is -2.14. The summed E-state index contributed by atoms with van der Waals surface area (Å²) in [4.78, 5) is 14.4. The van der Waals surface area contributed by atoms with Gasteiger partial charge in [-0.3, -0.25) is 9.48 Å². The summed E-state index contributed by atoms with van der Waals surface area (Å²) in [7, 11) is 0. The van der Waals surface area contributed by atoms with Crippen molar-refractivity contribution in [1.29, 1.82) is 0 Å². The third-order valence-electron chi connectivity index (χ3n) is 4.07. The van der Waals surface area contributed by atoms with Gasteiger partial charge in [-0.2, -0.15) is 5.10 Å². The van der Waals surface area contributed by atoms with Crippen molar-refractivity contribution in [2.24, 2.45) is 0 Å². The minimum Gasteiger partial charge on any atom is -0.397 e. The molecule has 4 rings (SSSR count). The molecular formula is C20H18N4OS. The molecule has 4 aromatic rings. The highest BCUT2D eigenvalue weighted by Crippen LogP contribution is 2.21. The minimum absolute atomic E-state index is 0.0684. The van der Waals surface area contributed by atoms with Crippen LogP contribution in [0, 0.1) is 0 Å². The number of carbonyl (C=O) groups excluding carboxylic acids is 1. The van der Waals surface area contributed by atoms with Crippen molar-refractivity contribution >= 4 is 39.5 Å². The number of nitrogens with two attached hydrogens (primary N) is 1. The second-order valence-electron chi connectivity index (χ2n) is 6.07. The summed E-state index contributed by atoms with van der Waals surface area (Å²) < 4.78 is 1.94. The monoisotopic (exact) mass is 362 g/mol. The normalized spacial score (nSPS) is 10.9. The number of rotatable bonds is 5. The number of fused-ring (bicyclic) bond motifs is 1. The molecule has 0 unspecified atom stereocenters. The highest BCUT2D eigenvalue weighted by atomic mass is 32.1. The highest BCUT2D eigenvalue weighted by molar-refractivity contribution is 7.12. The summed E-state index contributed by atoms with van der Waals surface area (Å²) in [6.45, 7) is 0.701. The molecule has 0 aliphatic heterocycles. The number of carbonyl (C=O) groups is 1. The fourth-order valence-corrected chi connectivity index (χ4v) is 3.83. The molecule has 0 aliphatic carbocycles. The van der Waals surface area contributed by atoms with Crippen molar-refractivity contribution in [1.82, 2.24) is 9.78 Å². The van der Waals surface area contributed by atoms with E-state index in [9.17, 15) is 4.79 Å². The maximum atomic E-state index is 12.2. The van der Waals surface area contributed by atoms with Crippen LogP contribution in [0.2, 0.25) is 0 Å². The van der Waals surface area contributed by atoms with Crippen molar-refractivity contribution in [3.63, 3.8) is 0 Å². The minimum atomic E-state index is -0.0684. The third kappa shape index (κ3) is 3.60. The van der Waals surface area contributed by atoms with Crippen molar-refractivity contribution in [3.8, 4) is 0 Å². The van der Waals surface area contributed by atoms with E-state index in [-0.39, 0.29) is 5.91 Å². The molecule has 0 aliphatic rings. The SMILES string of the molecule is Nc1ccccc1NC(=O)Cc1ccc(Cn2cc3ccccc3n2)s1. The van der Waals surface area contributed by atoms with Crippen LogP contribution in [0.25, 0.3) is 10.9 Å². The molecule has 0 saturated carbocycles. The van der Waals surface area contributed by atoms with Gasteiger partial charge in [0.25, 0.3) is 0 Å². The zero-order valence-electron chi connectivity index (χ0n) is 14.1. The zero-order chi connectivity index (χ0) is 17.9. The first-order valence-electron chi connectivity index (χ1n) is 8.31. The van der Waals surface area contributed by atoms with Crippen LogP contribution in [0.3, 0.4) is 0 Å². The largest absolute Gasteiger partial charge is 0.397 e. The van der Waals surface area contributed by atoms with Gasteiger partial charge < -0.3 is 11.1 Å². The van der Waals surface area contributed by atoms with Gasteiger partial charge in [0, 0.05) is 21.3 Å². The first-order chi connectivity index (χ1) is 12.7. The molecule has 0 fully saturated rings. The second-order valence-corrected chi connectivity index (χ2v) is 7.32. The Morgan fingerprint density at radius 2 is 1.81 bits per heavy atom. The summed E-state index contributed by atoms with van der Waals surface area (Å²) in [6.07, 6.45) is 2.37. The van der Waals surface area contributed by atoms with Crippen molar-refractivity contribution in [2.75, 3.05) is 11.1 Å². The lowest BCUT2D eigenvalue weighted by molar-refractivity contribution is -0.115. The van der Waals surface area contributed by atoms with Crippen LogP contribution in [0.5, 0.6) is 0 Å². The molecule has 26 heavy (non-hydrogen) atoms. The molecule has 3 N–H and O–H groups in total. The third-order valence-corrected chi connectivity index (χ3v) is 5.14. The smallest absolute Gasteiger partial charge is 0.229 e. The Balaban J connectivity index is 1.41. The molecule has 2 heterocycles. The Bertz CT molecular complexity index is 1030. The topological polar surface area (TPSA) is 72.9 Å². The number of para-hydroxylation sites is 2. The molecule has 6 heteroatoms. The van der Waals surface area contributed by atoms with Gasteiger partial charge in [-0.1, -0.05) is 30.3 Å². The van der Waals surface area contributed by atoms with Crippen molar-refractivity contribution in [3.05, 3.63) is 76.6 Å². The molecule has 0 spiro atoms. The maximum Gasteiger partial charge on any atom is 0.229 e. The Morgan fingerprint density at radius 3 is 2.65 bits per heavy atom. The molecule has 5 nitrogen and oxygen atoms in total. The lowest BCUT2D eigenvalue weighted by Gasteiger charge is -2.06. The number of aromatic nitrogens is 2. The quantitative estimate of drug-likeness (QED) is 0.529. The fraction of sp³-hybridized carbons (Fsp3) is 0.100. The van der Waals surface area contributed by atoms with Gasteiger partial charge in [0.15, 0.2) is 0 Å². The van der Waals surface area contributed by atoms with E-state index in [1.165, 1.54) is 4.88 Å². The van der Waals surface area contributed by atoms with E-state index in [2.05, 4.69) is 22.5 Å². The van der Waals surface area contributed by atoms with Crippen LogP contribution in [-0.4, -0.2) is 15.7 Å². The number of nitrogens with zero attached hydrogens (tertiary/aromatic N) is 2. The number of nitrogen functional groups attached to an aromatic ring is 1. The van der Waals surface area contributed by atoms with Crippen LogP contribution in [0.1, 0.15) is 9.75 Å². The first-order valence-corrected chi connectivity index (χ1v) is 9.13. The van der Waals surface area contributed by atoms with E-state index in [0.29, 0.717) is 24.3 Å². The first kappa shape index (κ1) is 16.4. The van der Waals surface area contributed by atoms with Crippen molar-refractivity contribution in [2.45, 2.75) is 13.0 Å². The standard InChI is InChI=1S/C20H18N4OS/c21-17-6-2-4-8-19(17)22-20(25)11-15-9-10-16(26-15)13-24-12-14-5-1-3-7-18(14)23-24/h1-10,12H,11,13,21H2,(H,22,25). The molecule has 2 aromatic heterocycles. The Morgan fingerprint density at radius 1 is 1.04 bits per heavy atom. The lowest BCUT2D eigenvalue weighted by atomic mass is 10.2. The van der Waals surface area contributed by atoms with Gasteiger partial charge in [0.2, 0.25) is 5.91 Å². The summed E-state index contributed by atoms with van der Waals surface area (Å²) in [5, 5.41) is 8.56.